The third-order valence-electron chi connectivity index (χ3n) is 1.89. The highest BCUT2D eigenvalue weighted by atomic mass is 16.1. The second-order valence-electron chi connectivity index (χ2n) is 2.95. The van der Waals surface area contributed by atoms with E-state index < -0.39 is 0 Å². The summed E-state index contributed by atoms with van der Waals surface area (Å²) in [5.41, 5.74) is 0. The van der Waals surface area contributed by atoms with Crippen LogP contribution < -0.4 is 0 Å². The molecular weight excluding hydrogens is 137 g/mol. The highest BCUT2D eigenvalue weighted by molar-refractivity contribution is 5.78. The molecule has 1 aliphatic rings. The molecule has 0 N–H and O–H groups in total. The van der Waals surface area contributed by atoms with E-state index in [4.69, 9.17) is 0 Å². The molecule has 1 aliphatic carbocycles. The number of hydrogen-bond donors (Lipinski definition) is 0. The Kier molecular flexibility index (Phi) is 3.75. The van der Waals surface area contributed by atoms with Gasteiger partial charge in [0, 0.05) is 25.7 Å². The van der Waals surface area contributed by atoms with Gasteiger partial charge in [0.25, 0.3) is 0 Å². The molecule has 0 aromatic carbocycles. The van der Waals surface area contributed by atoms with Gasteiger partial charge in [-0.2, -0.15) is 0 Å². The first-order valence-electron chi connectivity index (χ1n) is 4.37. The Morgan fingerprint density at radius 3 is 2.36 bits per heavy atom. The van der Waals surface area contributed by atoms with Crippen LogP contribution in [0.15, 0.2) is 0 Å². The van der Waals surface area contributed by atoms with Crippen LogP contribution in [0.2, 0.25) is 0 Å². The molecule has 0 bridgehead atoms. The van der Waals surface area contributed by atoms with E-state index in [0.717, 1.165) is 44.9 Å². The number of carbonyl (C=O) groups is 1. The Hall–Kier alpha value is -0.770. The van der Waals surface area contributed by atoms with Gasteiger partial charge in [0.2, 0.25) is 0 Å². The van der Waals surface area contributed by atoms with Gasteiger partial charge < -0.3 is 0 Å². The zero-order valence-electron chi connectivity index (χ0n) is 6.86. The molecule has 0 fully saturated rings. The number of carbonyl (C=O) groups excluding carboxylic acids is 1. The smallest absolute Gasteiger partial charge is 0.132 e. The van der Waals surface area contributed by atoms with Crippen molar-refractivity contribution in [2.24, 2.45) is 0 Å². The lowest BCUT2D eigenvalue weighted by molar-refractivity contribution is -0.119. The van der Waals surface area contributed by atoms with E-state index in [2.05, 4.69) is 11.8 Å². The minimum absolute atomic E-state index is 0.425. The predicted octanol–water partition coefficient (Wildman–Crippen LogP) is 2.30. The lowest BCUT2D eigenvalue weighted by Gasteiger charge is -1.99. The summed E-state index contributed by atoms with van der Waals surface area (Å²) in [5, 5.41) is 0. The molecule has 0 aliphatic heterocycles. The molecule has 1 heteroatoms. The standard InChI is InChI=1S/C10H14O/c11-10-8-6-4-2-1-3-5-7-9-10/h2,4-9H2/i3+1. The number of rotatable bonds is 0. The molecule has 0 saturated carbocycles. The van der Waals surface area contributed by atoms with Crippen molar-refractivity contribution in [2.75, 3.05) is 0 Å². The maximum absolute atomic E-state index is 11.1. The minimum Gasteiger partial charge on any atom is -0.300 e. The van der Waals surface area contributed by atoms with Gasteiger partial charge in [0.1, 0.15) is 5.78 Å². The van der Waals surface area contributed by atoms with Gasteiger partial charge in [0.05, 0.1) is 0 Å². The number of Topliss-reactive ketones (excluding diaryl/α,β-unsaturated/α-hetero) is 1. The van der Waals surface area contributed by atoms with Crippen molar-refractivity contribution in [1.82, 2.24) is 0 Å². The summed E-state index contributed by atoms with van der Waals surface area (Å²) >= 11 is 0. The summed E-state index contributed by atoms with van der Waals surface area (Å²) in [7, 11) is 0. The summed E-state index contributed by atoms with van der Waals surface area (Å²) in [6.07, 6.45) is 6.51. The second-order valence-corrected chi connectivity index (χ2v) is 2.95. The van der Waals surface area contributed by atoms with E-state index in [1.54, 1.807) is 0 Å². The molecular formula is C10H14O. The first-order valence-corrected chi connectivity index (χ1v) is 4.37. The first-order chi connectivity index (χ1) is 5.39. The number of ketones is 1. The van der Waals surface area contributed by atoms with Gasteiger partial charge in [-0.25, -0.2) is 0 Å². The Bertz CT molecular complexity index is 183. The highest BCUT2D eigenvalue weighted by Crippen LogP contribution is 2.06. The van der Waals surface area contributed by atoms with Crippen molar-refractivity contribution in [3.8, 4) is 11.8 Å². The zero-order chi connectivity index (χ0) is 7.94. The van der Waals surface area contributed by atoms with Crippen molar-refractivity contribution in [1.29, 1.82) is 0 Å². The van der Waals surface area contributed by atoms with E-state index >= 15 is 0 Å². The van der Waals surface area contributed by atoms with Crippen LogP contribution in [0, 0.1) is 11.8 Å². The fourth-order valence-corrected chi connectivity index (χ4v) is 1.21. The van der Waals surface area contributed by atoms with Crippen LogP contribution in [0.5, 0.6) is 0 Å². The van der Waals surface area contributed by atoms with E-state index in [1.807, 2.05) is 0 Å². The van der Waals surface area contributed by atoms with Gasteiger partial charge in [-0.1, -0.05) is 0 Å². The summed E-state index contributed by atoms with van der Waals surface area (Å²) in [4.78, 5) is 11.1. The fourth-order valence-electron chi connectivity index (χ4n) is 1.21. The summed E-state index contributed by atoms with van der Waals surface area (Å²) in [6.45, 7) is 0. The molecule has 11 heavy (non-hydrogen) atoms. The van der Waals surface area contributed by atoms with Crippen LogP contribution in [0.3, 0.4) is 0 Å². The average molecular weight is 151 g/mol. The van der Waals surface area contributed by atoms with Crippen LogP contribution in [0.25, 0.3) is 0 Å². The third-order valence-corrected chi connectivity index (χ3v) is 1.89. The van der Waals surface area contributed by atoms with E-state index in [9.17, 15) is 4.79 Å². The first kappa shape index (κ1) is 8.33. The molecule has 0 atom stereocenters. The molecule has 0 saturated heterocycles. The Labute approximate surface area is 68.2 Å². The van der Waals surface area contributed by atoms with E-state index in [-0.39, 0.29) is 0 Å². The lowest BCUT2D eigenvalue weighted by Crippen LogP contribution is -1.97. The zero-order valence-corrected chi connectivity index (χ0v) is 6.86. The molecule has 0 spiro atoms. The maximum atomic E-state index is 11.1. The van der Waals surface area contributed by atoms with Crippen molar-refractivity contribution in [3.05, 3.63) is 0 Å². The fraction of sp³-hybridized carbons (Fsp3) is 0.700. The Balaban J connectivity index is 2.33. The van der Waals surface area contributed by atoms with E-state index in [1.165, 1.54) is 0 Å². The summed E-state index contributed by atoms with van der Waals surface area (Å²) < 4.78 is 0. The molecule has 0 unspecified atom stereocenters. The second kappa shape index (κ2) is 4.96. The van der Waals surface area contributed by atoms with Crippen molar-refractivity contribution in [3.63, 3.8) is 0 Å². The van der Waals surface area contributed by atoms with Gasteiger partial charge in [-0.05, 0) is 19.3 Å². The molecule has 0 aromatic heterocycles. The topological polar surface area (TPSA) is 17.1 Å². The van der Waals surface area contributed by atoms with Gasteiger partial charge in [-0.15, -0.1) is 11.8 Å². The van der Waals surface area contributed by atoms with E-state index in [0.29, 0.717) is 5.78 Å². The van der Waals surface area contributed by atoms with Gasteiger partial charge >= 0.3 is 0 Å². The van der Waals surface area contributed by atoms with Crippen LogP contribution in [0.4, 0.5) is 0 Å². The van der Waals surface area contributed by atoms with Crippen LogP contribution >= 0.6 is 0 Å². The third kappa shape index (κ3) is 3.83. The molecule has 1 rings (SSSR count). The highest BCUT2D eigenvalue weighted by Gasteiger charge is 2.01. The average Bonchev–Trinajstić information content (AvgIpc) is 2.03. The predicted molar refractivity (Wildman–Crippen MR) is 45.1 cm³/mol. The van der Waals surface area contributed by atoms with Crippen molar-refractivity contribution < 1.29 is 4.79 Å². The van der Waals surface area contributed by atoms with Crippen molar-refractivity contribution >= 4 is 5.78 Å². The number of hydrogen-bond acceptors (Lipinski definition) is 1. The summed E-state index contributed by atoms with van der Waals surface area (Å²) in [5.74, 6) is 6.61. The van der Waals surface area contributed by atoms with Crippen LogP contribution in [-0.4, -0.2) is 5.78 Å². The molecule has 1 nitrogen and oxygen atoms in total. The largest absolute Gasteiger partial charge is 0.300 e. The molecule has 0 aromatic rings. The normalized spacial score (nSPS) is 20.2. The SMILES string of the molecule is O=C1CCCCC#[13C]CCC1. The van der Waals surface area contributed by atoms with Crippen LogP contribution in [0.1, 0.15) is 44.9 Å². The quantitative estimate of drug-likeness (QED) is 0.383. The maximum Gasteiger partial charge on any atom is 0.132 e. The van der Waals surface area contributed by atoms with Crippen molar-refractivity contribution in [2.45, 2.75) is 44.9 Å². The van der Waals surface area contributed by atoms with Gasteiger partial charge in [0.15, 0.2) is 0 Å². The van der Waals surface area contributed by atoms with Gasteiger partial charge in [-0.3, -0.25) is 4.79 Å². The summed E-state index contributed by atoms with van der Waals surface area (Å²) in [6, 6.07) is 0. The Morgan fingerprint density at radius 2 is 1.55 bits per heavy atom. The monoisotopic (exact) mass is 151 g/mol. The lowest BCUT2D eigenvalue weighted by atomic mass is 10.1. The molecule has 0 heterocycles. The Morgan fingerprint density at radius 1 is 0.909 bits per heavy atom. The molecule has 0 amide bonds. The molecule has 0 radical (unpaired) electrons. The minimum atomic E-state index is 0.425. The molecule has 60 valence electrons. The van der Waals surface area contributed by atoms with Crippen LogP contribution in [-0.2, 0) is 4.79 Å².